The Labute approximate surface area is 126 Å². The molecule has 4 heteroatoms. The number of benzene rings is 2. The molecule has 0 fully saturated rings. The van der Waals surface area contributed by atoms with Gasteiger partial charge in [0.15, 0.2) is 0 Å². The zero-order valence-electron chi connectivity index (χ0n) is 10.3. The van der Waals surface area contributed by atoms with Crippen molar-refractivity contribution in [3.8, 4) is 5.75 Å². The van der Waals surface area contributed by atoms with Crippen LogP contribution in [0.3, 0.4) is 0 Å². The van der Waals surface area contributed by atoms with Gasteiger partial charge in [0.1, 0.15) is 5.75 Å². The van der Waals surface area contributed by atoms with E-state index in [1.54, 1.807) is 18.9 Å². The zero-order chi connectivity index (χ0) is 13.4. The van der Waals surface area contributed by atoms with E-state index in [0.717, 1.165) is 27.7 Å². The van der Waals surface area contributed by atoms with Crippen molar-refractivity contribution in [2.75, 3.05) is 7.11 Å². The van der Waals surface area contributed by atoms with Gasteiger partial charge in [-0.05, 0) is 47.9 Å². The highest BCUT2D eigenvalue weighted by molar-refractivity contribution is 7.99. The fourth-order valence-electron chi connectivity index (χ4n) is 2.20. The van der Waals surface area contributed by atoms with Crippen molar-refractivity contribution >= 4 is 35.0 Å². The molecule has 0 radical (unpaired) electrons. The summed E-state index contributed by atoms with van der Waals surface area (Å²) in [4.78, 5) is 2.36. The van der Waals surface area contributed by atoms with Crippen molar-refractivity contribution in [1.82, 2.24) is 0 Å². The predicted octanol–water partition coefficient (Wildman–Crippen LogP) is 5.34. The minimum absolute atomic E-state index is 0.0455. The van der Waals surface area contributed by atoms with E-state index in [0.29, 0.717) is 0 Å². The predicted molar refractivity (Wildman–Crippen MR) is 80.9 cm³/mol. The maximum atomic E-state index is 6.52. The molecule has 1 heterocycles. The molecule has 0 aromatic heterocycles. The van der Waals surface area contributed by atoms with Gasteiger partial charge in [-0.3, -0.25) is 0 Å². The lowest BCUT2D eigenvalue weighted by Crippen LogP contribution is -1.95. The number of halogens is 2. The minimum Gasteiger partial charge on any atom is -0.497 e. The van der Waals surface area contributed by atoms with Crippen LogP contribution in [0.2, 0.25) is 5.02 Å². The molecule has 1 aliphatic rings. The average Bonchev–Trinajstić information content (AvgIpc) is 2.54. The Kier molecular flexibility index (Phi) is 3.66. The summed E-state index contributed by atoms with van der Waals surface area (Å²) in [7, 11) is 1.68. The summed E-state index contributed by atoms with van der Waals surface area (Å²) in [6.07, 6.45) is 0.807. The first kappa shape index (κ1) is 13.2. The zero-order valence-corrected chi connectivity index (χ0v) is 12.6. The summed E-state index contributed by atoms with van der Waals surface area (Å²) < 4.78 is 5.29. The molecule has 0 N–H and O–H groups in total. The van der Waals surface area contributed by atoms with E-state index in [1.807, 2.05) is 24.3 Å². The van der Waals surface area contributed by atoms with Gasteiger partial charge in [0.25, 0.3) is 0 Å². The first-order valence-corrected chi connectivity index (χ1v) is 7.59. The number of methoxy groups -OCH3 is 1. The van der Waals surface area contributed by atoms with Crippen LogP contribution in [0.4, 0.5) is 0 Å². The van der Waals surface area contributed by atoms with Gasteiger partial charge in [0, 0.05) is 14.8 Å². The van der Waals surface area contributed by atoms with Gasteiger partial charge in [0.2, 0.25) is 0 Å². The monoisotopic (exact) mass is 310 g/mol. The second-order valence-corrected chi connectivity index (χ2v) is 6.48. The molecule has 98 valence electrons. The lowest BCUT2D eigenvalue weighted by molar-refractivity contribution is 0.413. The largest absolute Gasteiger partial charge is 0.497 e. The number of rotatable bonds is 1. The molecule has 0 bridgehead atoms. The van der Waals surface area contributed by atoms with E-state index in [4.69, 9.17) is 27.9 Å². The number of hydrogen-bond donors (Lipinski definition) is 0. The van der Waals surface area contributed by atoms with Crippen LogP contribution in [0.15, 0.2) is 46.2 Å². The molecule has 19 heavy (non-hydrogen) atoms. The first-order valence-electron chi connectivity index (χ1n) is 5.95. The van der Waals surface area contributed by atoms with Crippen molar-refractivity contribution in [3.05, 3.63) is 52.5 Å². The van der Waals surface area contributed by atoms with Gasteiger partial charge >= 0.3 is 0 Å². The third-order valence-corrected chi connectivity index (χ3v) is 5.02. The Morgan fingerprint density at radius 3 is 2.79 bits per heavy atom. The average molecular weight is 311 g/mol. The molecule has 1 aliphatic heterocycles. The van der Waals surface area contributed by atoms with E-state index in [2.05, 4.69) is 12.1 Å². The Morgan fingerprint density at radius 1 is 1.16 bits per heavy atom. The Hall–Kier alpha value is -0.830. The highest BCUT2D eigenvalue weighted by Crippen LogP contribution is 2.44. The lowest BCUT2D eigenvalue weighted by atomic mass is 10.0. The Morgan fingerprint density at radius 2 is 2.00 bits per heavy atom. The maximum absolute atomic E-state index is 6.52. The van der Waals surface area contributed by atoms with Crippen LogP contribution in [-0.4, -0.2) is 7.11 Å². The molecule has 0 saturated heterocycles. The van der Waals surface area contributed by atoms with Crippen molar-refractivity contribution in [2.24, 2.45) is 0 Å². The fraction of sp³-hybridized carbons (Fsp3) is 0.200. The molecule has 0 aliphatic carbocycles. The highest BCUT2D eigenvalue weighted by atomic mass is 35.5. The molecule has 2 aromatic carbocycles. The molecular formula is C15H12Cl2OS. The normalized spacial score (nSPS) is 17.3. The molecule has 2 aromatic rings. The second-order valence-electron chi connectivity index (χ2n) is 4.43. The van der Waals surface area contributed by atoms with Crippen molar-refractivity contribution < 1.29 is 4.74 Å². The van der Waals surface area contributed by atoms with Gasteiger partial charge in [-0.1, -0.05) is 29.4 Å². The van der Waals surface area contributed by atoms with Gasteiger partial charge in [-0.15, -0.1) is 11.6 Å². The van der Waals surface area contributed by atoms with E-state index >= 15 is 0 Å². The summed E-state index contributed by atoms with van der Waals surface area (Å²) in [5.41, 5.74) is 2.35. The van der Waals surface area contributed by atoms with E-state index in [-0.39, 0.29) is 5.38 Å². The minimum atomic E-state index is -0.0455. The number of fused-ring (bicyclic) bond motifs is 2. The summed E-state index contributed by atoms with van der Waals surface area (Å²) in [6, 6.07) is 12.0. The van der Waals surface area contributed by atoms with Gasteiger partial charge in [0.05, 0.1) is 12.5 Å². The topological polar surface area (TPSA) is 9.23 Å². The van der Waals surface area contributed by atoms with E-state index in [9.17, 15) is 0 Å². The highest BCUT2D eigenvalue weighted by Gasteiger charge is 2.21. The Bertz CT molecular complexity index is 628. The second kappa shape index (κ2) is 5.28. The van der Waals surface area contributed by atoms with Crippen LogP contribution in [-0.2, 0) is 6.42 Å². The number of ether oxygens (including phenoxy) is 1. The summed E-state index contributed by atoms with van der Waals surface area (Å²) in [6.45, 7) is 0. The molecule has 1 nitrogen and oxygen atoms in total. The van der Waals surface area contributed by atoms with Crippen LogP contribution >= 0.6 is 35.0 Å². The lowest BCUT2D eigenvalue weighted by Gasteiger charge is -2.10. The Balaban J connectivity index is 2.10. The summed E-state index contributed by atoms with van der Waals surface area (Å²) >= 11 is 14.3. The number of hydrogen-bond acceptors (Lipinski definition) is 2. The van der Waals surface area contributed by atoms with Crippen LogP contribution < -0.4 is 4.74 Å². The van der Waals surface area contributed by atoms with Crippen molar-refractivity contribution in [2.45, 2.75) is 21.6 Å². The summed E-state index contributed by atoms with van der Waals surface area (Å²) in [5, 5.41) is 0.685. The van der Waals surface area contributed by atoms with Crippen LogP contribution in [0.5, 0.6) is 5.75 Å². The molecular weight excluding hydrogens is 299 g/mol. The van der Waals surface area contributed by atoms with E-state index in [1.165, 1.54) is 10.5 Å². The standard InChI is InChI=1S/C15H12Cl2OS/c1-18-11-4-2-9-6-13(17)12-7-10(16)3-5-14(12)19-15(9)8-11/h2-5,7-8,13H,6H2,1H3. The van der Waals surface area contributed by atoms with Crippen molar-refractivity contribution in [1.29, 1.82) is 0 Å². The van der Waals surface area contributed by atoms with Crippen LogP contribution in [0.25, 0.3) is 0 Å². The first-order chi connectivity index (χ1) is 9.17. The SMILES string of the molecule is COc1ccc2c(c1)Sc1ccc(Cl)cc1C(Cl)C2. The summed E-state index contributed by atoms with van der Waals surface area (Å²) in [5.74, 6) is 0.870. The smallest absolute Gasteiger partial charge is 0.120 e. The van der Waals surface area contributed by atoms with Crippen molar-refractivity contribution in [3.63, 3.8) is 0 Å². The van der Waals surface area contributed by atoms with Gasteiger partial charge < -0.3 is 4.74 Å². The molecule has 0 amide bonds. The molecule has 1 unspecified atom stereocenters. The molecule has 0 saturated carbocycles. The van der Waals surface area contributed by atoms with Gasteiger partial charge in [-0.25, -0.2) is 0 Å². The van der Waals surface area contributed by atoms with Crippen LogP contribution in [0.1, 0.15) is 16.5 Å². The molecule has 3 rings (SSSR count). The fourth-order valence-corrected chi connectivity index (χ4v) is 3.95. The van der Waals surface area contributed by atoms with E-state index < -0.39 is 0 Å². The number of alkyl halides is 1. The quantitative estimate of drug-likeness (QED) is 0.658. The third kappa shape index (κ3) is 2.58. The third-order valence-electron chi connectivity index (χ3n) is 3.20. The van der Waals surface area contributed by atoms with Crippen LogP contribution in [0, 0.1) is 0 Å². The maximum Gasteiger partial charge on any atom is 0.120 e. The van der Waals surface area contributed by atoms with Gasteiger partial charge in [-0.2, -0.15) is 0 Å². The molecule has 1 atom stereocenters. The molecule has 0 spiro atoms.